The van der Waals surface area contributed by atoms with Gasteiger partial charge in [0.2, 0.25) is 0 Å². The van der Waals surface area contributed by atoms with E-state index < -0.39 is 35.5 Å². The summed E-state index contributed by atoms with van der Waals surface area (Å²) in [4.78, 5) is 16.2. The molecule has 1 fully saturated rings. The first-order valence-corrected chi connectivity index (χ1v) is 9.58. The molecule has 1 aromatic carbocycles. The van der Waals surface area contributed by atoms with Crippen molar-refractivity contribution < 1.29 is 23.1 Å². The lowest BCUT2D eigenvalue weighted by atomic mass is 10.1. The van der Waals surface area contributed by atoms with E-state index in [1.807, 2.05) is 35.2 Å². The van der Waals surface area contributed by atoms with E-state index in [0.717, 1.165) is 16.4 Å². The molecule has 0 radical (unpaired) electrons. The number of rotatable bonds is 5. The van der Waals surface area contributed by atoms with Crippen LogP contribution in [-0.4, -0.2) is 63.3 Å². The van der Waals surface area contributed by atoms with E-state index in [4.69, 9.17) is 0 Å². The maximum atomic E-state index is 13.5. The molecule has 0 saturated carbocycles. The van der Waals surface area contributed by atoms with E-state index in [9.17, 15) is 23.1 Å². The maximum absolute atomic E-state index is 13.5. The summed E-state index contributed by atoms with van der Waals surface area (Å²) >= 11 is 0. The highest BCUT2D eigenvalue weighted by Gasteiger charge is 2.41. The van der Waals surface area contributed by atoms with Gasteiger partial charge < -0.3 is 10.0 Å². The number of amides is 1. The summed E-state index contributed by atoms with van der Waals surface area (Å²) in [6.07, 6.45) is -4.30. The fraction of sp³-hybridized carbons (Fsp3) is 0.500. The second-order valence-electron chi connectivity index (χ2n) is 7.46. The SMILES string of the molecule is CC(C)n1ncc(C(=O)N2CCN(CC(O)c3ccccc3)CC2)c1C(F)(F)F. The Labute approximate surface area is 167 Å². The Morgan fingerprint density at radius 1 is 1.14 bits per heavy atom. The van der Waals surface area contributed by atoms with E-state index in [-0.39, 0.29) is 0 Å². The van der Waals surface area contributed by atoms with Crippen molar-refractivity contribution in [2.45, 2.75) is 32.2 Å². The average molecular weight is 410 g/mol. The molecule has 1 amide bonds. The van der Waals surface area contributed by atoms with Crippen LogP contribution in [-0.2, 0) is 6.18 Å². The van der Waals surface area contributed by atoms with Gasteiger partial charge >= 0.3 is 6.18 Å². The Morgan fingerprint density at radius 3 is 2.31 bits per heavy atom. The number of benzene rings is 1. The molecular weight excluding hydrogens is 385 g/mol. The molecule has 1 aliphatic rings. The first kappa shape index (κ1) is 21.3. The van der Waals surface area contributed by atoms with Crippen molar-refractivity contribution in [2.75, 3.05) is 32.7 Å². The van der Waals surface area contributed by atoms with Crippen LogP contribution in [0.2, 0.25) is 0 Å². The summed E-state index contributed by atoms with van der Waals surface area (Å²) < 4.78 is 41.4. The van der Waals surface area contributed by atoms with Gasteiger partial charge in [0.25, 0.3) is 5.91 Å². The molecule has 2 aromatic rings. The van der Waals surface area contributed by atoms with Crippen LogP contribution in [0.4, 0.5) is 13.2 Å². The van der Waals surface area contributed by atoms with Crippen LogP contribution in [0.3, 0.4) is 0 Å². The summed E-state index contributed by atoms with van der Waals surface area (Å²) in [5.41, 5.74) is -0.606. The minimum Gasteiger partial charge on any atom is -0.387 e. The van der Waals surface area contributed by atoms with Crippen LogP contribution >= 0.6 is 0 Å². The molecule has 2 heterocycles. The van der Waals surface area contributed by atoms with E-state index in [1.165, 1.54) is 4.90 Å². The van der Waals surface area contributed by atoms with Gasteiger partial charge in [0.1, 0.15) is 0 Å². The number of aromatic nitrogens is 2. The average Bonchev–Trinajstić information content (AvgIpc) is 3.15. The molecule has 6 nitrogen and oxygen atoms in total. The molecule has 0 spiro atoms. The largest absolute Gasteiger partial charge is 0.433 e. The van der Waals surface area contributed by atoms with Crippen molar-refractivity contribution >= 4 is 5.91 Å². The number of β-amino-alcohol motifs (C(OH)–C–C–N with tert-alkyl or cyclic N) is 1. The van der Waals surface area contributed by atoms with Gasteiger partial charge in [0.15, 0.2) is 5.69 Å². The van der Waals surface area contributed by atoms with Gasteiger partial charge in [-0.15, -0.1) is 0 Å². The Kier molecular flexibility index (Phi) is 6.28. The van der Waals surface area contributed by atoms with E-state index in [2.05, 4.69) is 5.10 Å². The van der Waals surface area contributed by atoms with Crippen LogP contribution in [0.25, 0.3) is 0 Å². The van der Waals surface area contributed by atoms with E-state index in [0.29, 0.717) is 32.7 Å². The smallest absolute Gasteiger partial charge is 0.387 e. The number of hydrogen-bond acceptors (Lipinski definition) is 4. The van der Waals surface area contributed by atoms with Crippen molar-refractivity contribution in [1.82, 2.24) is 19.6 Å². The Balaban J connectivity index is 1.65. The molecule has 1 unspecified atom stereocenters. The third-order valence-corrected chi connectivity index (χ3v) is 5.06. The van der Waals surface area contributed by atoms with Crippen LogP contribution in [0, 0.1) is 0 Å². The fourth-order valence-electron chi connectivity index (χ4n) is 3.52. The lowest BCUT2D eigenvalue weighted by Gasteiger charge is -2.35. The summed E-state index contributed by atoms with van der Waals surface area (Å²) in [5, 5.41) is 14.1. The van der Waals surface area contributed by atoms with Crippen molar-refractivity contribution in [3.8, 4) is 0 Å². The van der Waals surface area contributed by atoms with Crippen molar-refractivity contribution in [3.63, 3.8) is 0 Å². The molecule has 1 aliphatic heterocycles. The van der Waals surface area contributed by atoms with Crippen LogP contribution in [0.1, 0.15) is 47.6 Å². The van der Waals surface area contributed by atoms with Gasteiger partial charge in [0.05, 0.1) is 17.9 Å². The first-order chi connectivity index (χ1) is 13.7. The molecule has 1 aromatic heterocycles. The maximum Gasteiger partial charge on any atom is 0.433 e. The third kappa shape index (κ3) is 4.79. The number of halogens is 3. The number of carbonyl (C=O) groups is 1. The summed E-state index contributed by atoms with van der Waals surface area (Å²) in [6, 6.07) is 8.75. The highest BCUT2D eigenvalue weighted by atomic mass is 19.4. The van der Waals surface area contributed by atoms with Gasteiger partial charge in [-0.1, -0.05) is 30.3 Å². The second-order valence-corrected chi connectivity index (χ2v) is 7.46. The number of hydrogen-bond donors (Lipinski definition) is 1. The van der Waals surface area contributed by atoms with E-state index in [1.54, 1.807) is 13.8 Å². The molecule has 1 saturated heterocycles. The zero-order valence-electron chi connectivity index (χ0n) is 16.4. The highest BCUT2D eigenvalue weighted by molar-refractivity contribution is 5.95. The standard InChI is InChI=1S/C20H25F3N4O2/c1-14(2)27-18(20(21,22)23)16(12-24-27)19(29)26-10-8-25(9-11-26)13-17(28)15-6-4-3-5-7-15/h3-7,12,14,17,28H,8-11,13H2,1-2H3. The molecular formula is C20H25F3N4O2. The van der Waals surface area contributed by atoms with Crippen LogP contribution in [0.5, 0.6) is 0 Å². The van der Waals surface area contributed by atoms with Crippen LogP contribution < -0.4 is 0 Å². The summed E-state index contributed by atoms with van der Waals surface area (Å²) in [6.45, 7) is 5.14. The summed E-state index contributed by atoms with van der Waals surface area (Å²) in [5.74, 6) is -0.660. The number of piperazine rings is 1. The van der Waals surface area contributed by atoms with Gasteiger partial charge in [-0.25, -0.2) is 0 Å². The fourth-order valence-corrected chi connectivity index (χ4v) is 3.52. The molecule has 0 bridgehead atoms. The molecule has 1 N–H and O–H groups in total. The minimum absolute atomic E-state index is 0.296. The van der Waals surface area contributed by atoms with Crippen molar-refractivity contribution in [1.29, 1.82) is 0 Å². The molecule has 158 valence electrons. The normalized spacial score (nSPS) is 17.0. The van der Waals surface area contributed by atoms with E-state index >= 15 is 0 Å². The van der Waals surface area contributed by atoms with Gasteiger partial charge in [-0.05, 0) is 19.4 Å². The quantitative estimate of drug-likeness (QED) is 0.823. The number of aliphatic hydroxyl groups is 1. The number of nitrogens with zero attached hydrogens (tertiary/aromatic N) is 4. The van der Waals surface area contributed by atoms with Crippen molar-refractivity contribution in [3.05, 3.63) is 53.3 Å². The Bertz CT molecular complexity index is 828. The van der Waals surface area contributed by atoms with Gasteiger partial charge in [-0.2, -0.15) is 18.3 Å². The number of aliphatic hydroxyl groups excluding tert-OH is 1. The predicted molar refractivity (Wildman–Crippen MR) is 101 cm³/mol. The molecule has 29 heavy (non-hydrogen) atoms. The zero-order chi connectivity index (χ0) is 21.2. The Hall–Kier alpha value is -2.39. The third-order valence-electron chi connectivity index (χ3n) is 5.06. The van der Waals surface area contributed by atoms with Crippen LogP contribution in [0.15, 0.2) is 36.5 Å². The van der Waals surface area contributed by atoms with Gasteiger partial charge in [0, 0.05) is 38.8 Å². The van der Waals surface area contributed by atoms with Crippen molar-refractivity contribution in [2.24, 2.45) is 0 Å². The molecule has 3 rings (SSSR count). The lowest BCUT2D eigenvalue weighted by molar-refractivity contribution is -0.145. The number of carbonyl (C=O) groups excluding carboxylic acids is 1. The lowest BCUT2D eigenvalue weighted by Crippen LogP contribution is -2.49. The topological polar surface area (TPSA) is 61.6 Å². The molecule has 0 aliphatic carbocycles. The predicted octanol–water partition coefficient (Wildman–Crippen LogP) is 2.97. The Morgan fingerprint density at radius 2 is 1.76 bits per heavy atom. The van der Waals surface area contributed by atoms with Gasteiger partial charge in [-0.3, -0.25) is 14.4 Å². The molecule has 9 heteroatoms. The monoisotopic (exact) mass is 410 g/mol. The minimum atomic E-state index is -4.66. The highest BCUT2D eigenvalue weighted by Crippen LogP contribution is 2.34. The number of alkyl halides is 3. The summed E-state index contributed by atoms with van der Waals surface area (Å²) in [7, 11) is 0. The second kappa shape index (κ2) is 8.54. The first-order valence-electron chi connectivity index (χ1n) is 9.58. The molecule has 1 atom stereocenters. The zero-order valence-corrected chi connectivity index (χ0v) is 16.4.